The molecule has 0 aliphatic carbocycles. The highest BCUT2D eigenvalue weighted by atomic mass is 32.2. The highest BCUT2D eigenvalue weighted by Crippen LogP contribution is 2.25. The molecule has 22 heavy (non-hydrogen) atoms. The van der Waals surface area contributed by atoms with Gasteiger partial charge in [-0.05, 0) is 66.8 Å². The average molecular weight is 319 g/mol. The van der Waals surface area contributed by atoms with Gasteiger partial charge in [-0.2, -0.15) is 0 Å². The van der Waals surface area contributed by atoms with Crippen molar-refractivity contribution < 1.29 is 13.2 Å². The monoisotopic (exact) mass is 319 g/mol. The Labute approximate surface area is 130 Å². The van der Waals surface area contributed by atoms with Crippen molar-refractivity contribution in [1.82, 2.24) is 0 Å². The molecule has 2 aromatic rings. The highest BCUT2D eigenvalue weighted by Gasteiger charge is 2.22. The summed E-state index contributed by atoms with van der Waals surface area (Å²) in [4.78, 5) is 1.72. The molecule has 0 radical (unpaired) electrons. The van der Waals surface area contributed by atoms with Gasteiger partial charge in [-0.1, -0.05) is 6.58 Å². The molecule has 0 aliphatic rings. The summed E-state index contributed by atoms with van der Waals surface area (Å²) in [5, 5.41) is 1.80. The van der Waals surface area contributed by atoms with Crippen LogP contribution < -0.4 is 0 Å². The third-order valence-electron chi connectivity index (χ3n) is 2.80. The predicted octanol–water partition coefficient (Wildman–Crippen LogP) is 5.55. The van der Waals surface area contributed by atoms with E-state index in [9.17, 15) is 13.2 Å². The molecule has 4 heteroatoms. The summed E-state index contributed by atoms with van der Waals surface area (Å²) in [6, 6.07) is 12.1. The Morgan fingerprint density at radius 2 is 1.32 bits per heavy atom. The van der Waals surface area contributed by atoms with E-state index in [1.165, 1.54) is 30.3 Å². The smallest absolute Gasteiger partial charge is 0.166 e. The minimum Gasteiger partial charge on any atom is -0.207 e. The van der Waals surface area contributed by atoms with Crippen molar-refractivity contribution in [3.8, 4) is 0 Å². The van der Waals surface area contributed by atoms with E-state index in [1.54, 1.807) is 35.7 Å². The van der Waals surface area contributed by atoms with Gasteiger partial charge in [0, 0.05) is 0 Å². The summed E-state index contributed by atoms with van der Waals surface area (Å²) in [6.45, 7) is 3.34. The zero-order valence-corrected chi connectivity index (χ0v) is 12.5. The molecule has 0 amide bonds. The van der Waals surface area contributed by atoms with Gasteiger partial charge in [-0.15, -0.1) is 0 Å². The molecular weight excluding hydrogens is 305 g/mol. The maximum atomic E-state index is 13.1. The number of hydrogen-bond donors (Lipinski definition) is 0. The van der Waals surface area contributed by atoms with E-state index < -0.39 is 16.7 Å². The molecule has 0 atom stereocenters. The van der Waals surface area contributed by atoms with Crippen molar-refractivity contribution in [3.05, 3.63) is 96.2 Å². The minimum absolute atomic E-state index is 0.326. The molecule has 0 nitrogen and oxygen atoms in total. The SMILES string of the molecule is C=C/C(F)=C\C=C\[S+](c1ccc(F)cc1)c1ccc(F)cc1. The summed E-state index contributed by atoms with van der Waals surface area (Å²) >= 11 is 0. The molecule has 0 N–H and O–H groups in total. The second-order valence-corrected chi connectivity index (χ2v) is 6.22. The number of hydrogen-bond acceptors (Lipinski definition) is 0. The Balaban J connectivity index is 2.37. The second-order valence-electron chi connectivity index (χ2n) is 4.33. The van der Waals surface area contributed by atoms with Gasteiger partial charge in [0.1, 0.15) is 22.9 Å². The quantitative estimate of drug-likeness (QED) is 0.500. The van der Waals surface area contributed by atoms with E-state index in [4.69, 9.17) is 0 Å². The van der Waals surface area contributed by atoms with Gasteiger partial charge in [0.2, 0.25) is 0 Å². The van der Waals surface area contributed by atoms with E-state index in [2.05, 4.69) is 6.58 Å². The molecule has 0 spiro atoms. The Morgan fingerprint density at radius 1 is 0.864 bits per heavy atom. The third kappa shape index (κ3) is 4.40. The summed E-state index contributed by atoms with van der Waals surface area (Å²) in [5.74, 6) is -1.10. The van der Waals surface area contributed by atoms with Crippen molar-refractivity contribution in [3.63, 3.8) is 0 Å². The van der Waals surface area contributed by atoms with Crippen molar-refractivity contribution in [2.75, 3.05) is 0 Å². The summed E-state index contributed by atoms with van der Waals surface area (Å²) in [5.41, 5.74) is 0. The first kappa shape index (κ1) is 16.2. The first-order valence-electron chi connectivity index (χ1n) is 6.51. The number of rotatable bonds is 5. The summed E-state index contributed by atoms with van der Waals surface area (Å²) in [6.07, 6.45) is 3.98. The van der Waals surface area contributed by atoms with E-state index >= 15 is 0 Å². The van der Waals surface area contributed by atoms with Crippen molar-refractivity contribution in [1.29, 1.82) is 0 Å². The molecule has 0 saturated carbocycles. The normalized spacial score (nSPS) is 12.1. The molecule has 2 rings (SSSR count). The molecule has 0 saturated heterocycles. The van der Waals surface area contributed by atoms with Crippen molar-refractivity contribution in [2.24, 2.45) is 0 Å². The van der Waals surface area contributed by atoms with Crippen LogP contribution >= 0.6 is 0 Å². The van der Waals surface area contributed by atoms with Gasteiger partial charge >= 0.3 is 0 Å². The first-order chi connectivity index (χ1) is 10.6. The van der Waals surface area contributed by atoms with E-state index in [0.717, 1.165) is 15.9 Å². The second kappa shape index (κ2) is 7.71. The van der Waals surface area contributed by atoms with Gasteiger partial charge < -0.3 is 0 Å². The fourth-order valence-electron chi connectivity index (χ4n) is 1.73. The van der Waals surface area contributed by atoms with Gasteiger partial charge in [-0.3, -0.25) is 0 Å². The van der Waals surface area contributed by atoms with E-state index in [1.807, 2.05) is 0 Å². The van der Waals surface area contributed by atoms with Crippen LogP contribution in [0.2, 0.25) is 0 Å². The Morgan fingerprint density at radius 3 is 1.73 bits per heavy atom. The van der Waals surface area contributed by atoms with Crippen LogP contribution in [0.25, 0.3) is 0 Å². The lowest BCUT2D eigenvalue weighted by Crippen LogP contribution is -2.00. The molecule has 0 unspecified atom stereocenters. The number of allylic oxidation sites excluding steroid dienone is 4. The predicted molar refractivity (Wildman–Crippen MR) is 85.2 cm³/mol. The molecule has 0 heterocycles. The first-order valence-corrected chi connectivity index (χ1v) is 7.79. The molecule has 0 aromatic heterocycles. The minimum atomic E-state index is -0.546. The lowest BCUT2D eigenvalue weighted by molar-refractivity contribution is 0.626. The summed E-state index contributed by atoms with van der Waals surface area (Å²) in [7, 11) is -0.546. The lowest BCUT2D eigenvalue weighted by Gasteiger charge is -2.03. The molecule has 112 valence electrons. The zero-order chi connectivity index (χ0) is 15.9. The molecule has 0 aliphatic heterocycles. The van der Waals surface area contributed by atoms with Gasteiger partial charge in [0.05, 0.1) is 10.9 Å². The fourth-order valence-corrected chi connectivity index (χ4v) is 3.41. The lowest BCUT2D eigenvalue weighted by atomic mass is 10.3. The van der Waals surface area contributed by atoms with Crippen LogP contribution in [0.1, 0.15) is 0 Å². The van der Waals surface area contributed by atoms with Crippen LogP contribution in [0.15, 0.2) is 94.4 Å². The fraction of sp³-hybridized carbons (Fsp3) is 0. The zero-order valence-electron chi connectivity index (χ0n) is 11.7. The number of benzene rings is 2. The van der Waals surface area contributed by atoms with Crippen molar-refractivity contribution >= 4 is 10.9 Å². The molecule has 0 bridgehead atoms. The van der Waals surface area contributed by atoms with Crippen LogP contribution in [-0.4, -0.2) is 0 Å². The van der Waals surface area contributed by atoms with Crippen LogP contribution in [0, 0.1) is 11.6 Å². The van der Waals surface area contributed by atoms with Gasteiger partial charge in [0.15, 0.2) is 9.79 Å². The van der Waals surface area contributed by atoms with Crippen LogP contribution in [0.3, 0.4) is 0 Å². The Bertz CT molecular complexity index is 640. The van der Waals surface area contributed by atoms with Crippen LogP contribution in [-0.2, 0) is 10.9 Å². The van der Waals surface area contributed by atoms with Gasteiger partial charge in [0.25, 0.3) is 0 Å². The maximum absolute atomic E-state index is 13.1. The molecule has 0 fully saturated rings. The summed E-state index contributed by atoms with van der Waals surface area (Å²) < 4.78 is 39.2. The van der Waals surface area contributed by atoms with Crippen LogP contribution in [0.5, 0.6) is 0 Å². The topological polar surface area (TPSA) is 0 Å². The molecule has 2 aromatic carbocycles. The third-order valence-corrected chi connectivity index (χ3v) is 4.79. The Hall–Kier alpha value is -2.20. The molecular formula is C18H14F3S+. The van der Waals surface area contributed by atoms with Gasteiger partial charge in [-0.25, -0.2) is 13.2 Å². The standard InChI is InChI=1S/C18H14F3S/c1-2-14(19)4-3-13-22(17-9-5-15(20)6-10-17)18-11-7-16(21)8-12-18/h2-13H,1H2/q+1/b13-3+,14-4+. The highest BCUT2D eigenvalue weighted by molar-refractivity contribution is 7.99. The van der Waals surface area contributed by atoms with Crippen LogP contribution in [0.4, 0.5) is 13.2 Å². The largest absolute Gasteiger partial charge is 0.207 e. The van der Waals surface area contributed by atoms with E-state index in [-0.39, 0.29) is 11.6 Å². The average Bonchev–Trinajstić information content (AvgIpc) is 2.53. The Kier molecular flexibility index (Phi) is 5.67. The van der Waals surface area contributed by atoms with E-state index in [0.29, 0.717) is 0 Å². The maximum Gasteiger partial charge on any atom is 0.166 e. The van der Waals surface area contributed by atoms with Crippen molar-refractivity contribution in [2.45, 2.75) is 9.79 Å². The number of halogens is 3.